The summed E-state index contributed by atoms with van der Waals surface area (Å²) in [5.74, 6) is -1.84. The highest BCUT2D eigenvalue weighted by atomic mass is 32.1. The van der Waals surface area contributed by atoms with Gasteiger partial charge >= 0.3 is 5.97 Å². The van der Waals surface area contributed by atoms with E-state index in [1.807, 2.05) is 0 Å². The van der Waals surface area contributed by atoms with E-state index in [-0.39, 0.29) is 47.0 Å². The predicted octanol–water partition coefficient (Wildman–Crippen LogP) is 2.08. The standard InChI is InChI=1S/C19H23FN4O4S/c1-4-28-19(27)15-13(16(18(26)22-2)29-17(15)21)9-24(3)10-14(25)23-12-7-5-6-11(20)8-12/h5-8H,4,9-10,21H2,1-3H3,(H,22,26)(H,23,25). The normalized spacial score (nSPS) is 10.7. The molecule has 156 valence electrons. The van der Waals surface area contributed by atoms with E-state index in [0.717, 1.165) is 11.3 Å². The third kappa shape index (κ3) is 5.75. The van der Waals surface area contributed by atoms with Crippen LogP contribution in [0.3, 0.4) is 0 Å². The number of carbonyl (C=O) groups excluding carboxylic acids is 3. The Balaban J connectivity index is 2.19. The molecular weight excluding hydrogens is 399 g/mol. The molecule has 0 bridgehead atoms. The van der Waals surface area contributed by atoms with Crippen LogP contribution in [0.2, 0.25) is 0 Å². The smallest absolute Gasteiger partial charge is 0.341 e. The number of ether oxygens (including phenoxy) is 1. The van der Waals surface area contributed by atoms with Gasteiger partial charge in [-0.1, -0.05) is 6.07 Å². The Bertz CT molecular complexity index is 916. The minimum atomic E-state index is -0.621. The van der Waals surface area contributed by atoms with Crippen LogP contribution in [0.1, 0.15) is 32.5 Å². The van der Waals surface area contributed by atoms with Crippen LogP contribution in [-0.4, -0.2) is 49.9 Å². The molecule has 4 N–H and O–H groups in total. The number of halogens is 1. The number of rotatable bonds is 8. The van der Waals surface area contributed by atoms with Crippen molar-refractivity contribution < 1.29 is 23.5 Å². The molecular formula is C19H23FN4O4S. The highest BCUT2D eigenvalue weighted by Crippen LogP contribution is 2.32. The molecule has 29 heavy (non-hydrogen) atoms. The monoisotopic (exact) mass is 422 g/mol. The maximum Gasteiger partial charge on any atom is 0.341 e. The summed E-state index contributed by atoms with van der Waals surface area (Å²) in [6.45, 7) is 1.89. The second-order valence-electron chi connectivity index (χ2n) is 6.18. The summed E-state index contributed by atoms with van der Waals surface area (Å²) in [5.41, 5.74) is 6.83. The van der Waals surface area contributed by atoms with Crippen LogP contribution in [0.5, 0.6) is 0 Å². The lowest BCUT2D eigenvalue weighted by Gasteiger charge is -2.17. The van der Waals surface area contributed by atoms with E-state index in [9.17, 15) is 18.8 Å². The molecule has 0 radical (unpaired) electrons. The molecule has 0 aliphatic heterocycles. The van der Waals surface area contributed by atoms with E-state index >= 15 is 0 Å². The number of anilines is 2. The van der Waals surface area contributed by atoms with Crippen molar-refractivity contribution in [1.29, 1.82) is 0 Å². The van der Waals surface area contributed by atoms with E-state index < -0.39 is 11.8 Å². The van der Waals surface area contributed by atoms with E-state index in [1.54, 1.807) is 24.9 Å². The van der Waals surface area contributed by atoms with Gasteiger partial charge in [-0.3, -0.25) is 14.5 Å². The van der Waals surface area contributed by atoms with Crippen LogP contribution in [-0.2, 0) is 16.1 Å². The first-order valence-electron chi connectivity index (χ1n) is 8.81. The lowest BCUT2D eigenvalue weighted by molar-refractivity contribution is -0.117. The van der Waals surface area contributed by atoms with Gasteiger partial charge in [-0.2, -0.15) is 0 Å². The van der Waals surface area contributed by atoms with Crippen LogP contribution >= 0.6 is 11.3 Å². The summed E-state index contributed by atoms with van der Waals surface area (Å²) in [6, 6.07) is 5.55. The number of likely N-dealkylation sites (N-methyl/N-ethyl adjacent to an activating group) is 1. The highest BCUT2D eigenvalue weighted by molar-refractivity contribution is 7.18. The van der Waals surface area contributed by atoms with Gasteiger partial charge in [0.1, 0.15) is 10.8 Å². The van der Waals surface area contributed by atoms with Crippen LogP contribution in [0.25, 0.3) is 0 Å². The van der Waals surface area contributed by atoms with Gasteiger partial charge < -0.3 is 21.1 Å². The Morgan fingerprint density at radius 3 is 2.66 bits per heavy atom. The lowest BCUT2D eigenvalue weighted by atomic mass is 10.1. The number of nitrogens with two attached hydrogens (primary N) is 1. The van der Waals surface area contributed by atoms with Gasteiger partial charge in [-0.25, -0.2) is 9.18 Å². The average molecular weight is 422 g/mol. The number of thiophene rings is 1. The van der Waals surface area contributed by atoms with E-state index in [2.05, 4.69) is 10.6 Å². The van der Waals surface area contributed by atoms with E-state index in [4.69, 9.17) is 10.5 Å². The molecule has 1 aromatic heterocycles. The maximum atomic E-state index is 13.3. The molecule has 0 fully saturated rings. The molecule has 0 saturated heterocycles. The summed E-state index contributed by atoms with van der Waals surface area (Å²) >= 11 is 0.989. The van der Waals surface area contributed by atoms with Crippen LogP contribution < -0.4 is 16.4 Å². The minimum absolute atomic E-state index is 0.0539. The molecule has 0 atom stereocenters. The van der Waals surface area contributed by atoms with Gasteiger partial charge in [0.25, 0.3) is 5.91 Å². The first-order valence-corrected chi connectivity index (χ1v) is 9.62. The van der Waals surface area contributed by atoms with Crippen molar-refractivity contribution in [2.24, 2.45) is 0 Å². The average Bonchev–Trinajstić information content (AvgIpc) is 2.96. The van der Waals surface area contributed by atoms with Crippen LogP contribution in [0.4, 0.5) is 15.1 Å². The predicted molar refractivity (Wildman–Crippen MR) is 109 cm³/mol. The van der Waals surface area contributed by atoms with Crippen molar-refractivity contribution in [3.63, 3.8) is 0 Å². The highest BCUT2D eigenvalue weighted by Gasteiger charge is 2.27. The molecule has 1 aromatic carbocycles. The van der Waals surface area contributed by atoms with Crippen molar-refractivity contribution in [1.82, 2.24) is 10.2 Å². The fourth-order valence-corrected chi connectivity index (χ4v) is 3.71. The van der Waals surface area contributed by atoms with E-state index in [1.165, 1.54) is 25.2 Å². The number of amides is 2. The van der Waals surface area contributed by atoms with Gasteiger partial charge in [-0.05, 0) is 32.2 Å². The molecule has 0 spiro atoms. The fourth-order valence-electron chi connectivity index (χ4n) is 2.70. The summed E-state index contributed by atoms with van der Waals surface area (Å²) in [5, 5.41) is 5.29. The van der Waals surface area contributed by atoms with Crippen LogP contribution in [0, 0.1) is 5.82 Å². The molecule has 2 aromatic rings. The fraction of sp³-hybridized carbons (Fsp3) is 0.316. The van der Waals surface area contributed by atoms with Crippen molar-refractivity contribution in [2.45, 2.75) is 13.5 Å². The second-order valence-corrected chi connectivity index (χ2v) is 7.23. The summed E-state index contributed by atoms with van der Waals surface area (Å²) in [6.07, 6.45) is 0. The summed E-state index contributed by atoms with van der Waals surface area (Å²) in [4.78, 5) is 38.7. The number of esters is 1. The van der Waals surface area contributed by atoms with Crippen LogP contribution in [0.15, 0.2) is 24.3 Å². The Hall–Kier alpha value is -2.98. The SMILES string of the molecule is CCOC(=O)c1c(N)sc(C(=O)NC)c1CN(C)CC(=O)Nc1cccc(F)c1. The zero-order chi connectivity index (χ0) is 21.6. The number of nitrogens with one attached hydrogen (secondary N) is 2. The molecule has 0 aliphatic rings. The first kappa shape index (κ1) is 22.3. The molecule has 0 saturated carbocycles. The largest absolute Gasteiger partial charge is 0.462 e. The summed E-state index contributed by atoms with van der Waals surface area (Å²) < 4.78 is 18.3. The van der Waals surface area contributed by atoms with Gasteiger partial charge in [0, 0.05) is 24.8 Å². The lowest BCUT2D eigenvalue weighted by Crippen LogP contribution is -2.31. The molecule has 1 heterocycles. The van der Waals surface area contributed by atoms with Gasteiger partial charge in [0.05, 0.1) is 23.6 Å². The van der Waals surface area contributed by atoms with Gasteiger partial charge in [0.2, 0.25) is 5.91 Å². The Kier molecular flexibility index (Phi) is 7.68. The number of nitrogens with zero attached hydrogens (tertiary/aromatic N) is 1. The number of hydrogen-bond acceptors (Lipinski definition) is 7. The molecule has 8 nitrogen and oxygen atoms in total. The topological polar surface area (TPSA) is 114 Å². The zero-order valence-electron chi connectivity index (χ0n) is 16.4. The molecule has 0 unspecified atom stereocenters. The first-order chi connectivity index (χ1) is 13.8. The van der Waals surface area contributed by atoms with Crippen molar-refractivity contribution in [3.8, 4) is 0 Å². The summed E-state index contributed by atoms with van der Waals surface area (Å²) in [7, 11) is 3.13. The maximum absolute atomic E-state index is 13.3. The molecule has 2 rings (SSSR count). The Labute approximate surface area is 171 Å². The minimum Gasteiger partial charge on any atom is -0.462 e. The van der Waals surface area contributed by atoms with Crippen molar-refractivity contribution >= 4 is 39.8 Å². The number of carbonyl (C=O) groups is 3. The number of nitrogen functional groups attached to an aromatic ring is 1. The number of hydrogen-bond donors (Lipinski definition) is 3. The third-order valence-electron chi connectivity index (χ3n) is 3.90. The van der Waals surface area contributed by atoms with E-state index in [0.29, 0.717) is 11.3 Å². The Morgan fingerprint density at radius 1 is 1.31 bits per heavy atom. The second kappa shape index (κ2) is 9.99. The zero-order valence-corrected chi connectivity index (χ0v) is 17.2. The van der Waals surface area contributed by atoms with Crippen molar-refractivity contribution in [2.75, 3.05) is 38.3 Å². The van der Waals surface area contributed by atoms with Gasteiger partial charge in [0.15, 0.2) is 0 Å². The Morgan fingerprint density at radius 2 is 2.03 bits per heavy atom. The third-order valence-corrected chi connectivity index (χ3v) is 4.96. The molecule has 0 aliphatic carbocycles. The quantitative estimate of drug-likeness (QED) is 0.561. The molecule has 10 heteroatoms. The van der Waals surface area contributed by atoms with Gasteiger partial charge in [-0.15, -0.1) is 11.3 Å². The number of benzene rings is 1. The molecule has 2 amide bonds. The van der Waals surface area contributed by atoms with Crippen molar-refractivity contribution in [3.05, 3.63) is 46.1 Å².